The predicted molar refractivity (Wildman–Crippen MR) is 105 cm³/mol. The van der Waals surface area contributed by atoms with Gasteiger partial charge >= 0.3 is 0 Å². The largest absolute Gasteiger partial charge is 0.508 e. The third-order valence-corrected chi connectivity index (χ3v) is 4.56. The number of hydrogen-bond donors (Lipinski definition) is 2. The molecule has 0 fully saturated rings. The quantitative estimate of drug-likeness (QED) is 0.732. The summed E-state index contributed by atoms with van der Waals surface area (Å²) in [4.78, 5) is 2.43. The monoisotopic (exact) mass is 341 g/mol. The number of aliphatic hydroxyl groups excluding tert-OH is 1. The fraction of sp³-hybridized carbons (Fsp3) is 0.455. The van der Waals surface area contributed by atoms with Crippen LogP contribution in [0.4, 0.5) is 5.69 Å². The standard InChI is InChI=1S/C22H31NO2/c1-16(2)23(17(3)4)21-10-6-8-18(14-21)7-5-9-20-13-19(15-24)11-12-22(20)25/h6,8,10-14,16-17,24-25H,5,7,9,15H2,1-4H3. The van der Waals surface area contributed by atoms with Crippen LogP contribution in [-0.2, 0) is 19.4 Å². The van der Waals surface area contributed by atoms with Gasteiger partial charge in [0.05, 0.1) is 6.61 Å². The number of rotatable bonds is 8. The van der Waals surface area contributed by atoms with Crippen LogP contribution in [-0.4, -0.2) is 22.3 Å². The van der Waals surface area contributed by atoms with E-state index in [4.69, 9.17) is 0 Å². The summed E-state index contributed by atoms with van der Waals surface area (Å²) in [5, 5.41) is 19.2. The summed E-state index contributed by atoms with van der Waals surface area (Å²) < 4.78 is 0. The van der Waals surface area contributed by atoms with E-state index in [2.05, 4.69) is 56.9 Å². The third-order valence-electron chi connectivity index (χ3n) is 4.56. The fourth-order valence-electron chi connectivity index (χ4n) is 3.49. The van der Waals surface area contributed by atoms with Gasteiger partial charge in [0, 0.05) is 17.8 Å². The van der Waals surface area contributed by atoms with Crippen LogP contribution in [0.3, 0.4) is 0 Å². The van der Waals surface area contributed by atoms with Crippen molar-refractivity contribution in [2.45, 2.75) is 65.6 Å². The molecule has 3 heteroatoms. The number of anilines is 1. The molecule has 0 aliphatic heterocycles. The molecule has 0 atom stereocenters. The summed E-state index contributed by atoms with van der Waals surface area (Å²) in [7, 11) is 0. The first-order valence-electron chi connectivity index (χ1n) is 9.21. The van der Waals surface area contributed by atoms with Crippen molar-refractivity contribution in [3.63, 3.8) is 0 Å². The second kappa shape index (κ2) is 8.91. The van der Waals surface area contributed by atoms with E-state index in [0.717, 1.165) is 30.4 Å². The van der Waals surface area contributed by atoms with Gasteiger partial charge in [0.25, 0.3) is 0 Å². The highest BCUT2D eigenvalue weighted by atomic mass is 16.3. The number of aliphatic hydroxyl groups is 1. The van der Waals surface area contributed by atoms with Gasteiger partial charge in [-0.2, -0.15) is 0 Å². The Hall–Kier alpha value is -2.00. The Labute approximate surface area is 151 Å². The van der Waals surface area contributed by atoms with Crippen LogP contribution in [0.5, 0.6) is 5.75 Å². The Bertz CT molecular complexity index is 671. The summed E-state index contributed by atoms with van der Waals surface area (Å²) in [5.74, 6) is 0.316. The van der Waals surface area contributed by atoms with Gasteiger partial charge < -0.3 is 15.1 Å². The van der Waals surface area contributed by atoms with Crippen molar-refractivity contribution >= 4 is 5.69 Å². The van der Waals surface area contributed by atoms with Gasteiger partial charge in [-0.05, 0) is 87.9 Å². The summed E-state index contributed by atoms with van der Waals surface area (Å²) in [5.41, 5.74) is 4.35. The molecule has 3 nitrogen and oxygen atoms in total. The van der Waals surface area contributed by atoms with Gasteiger partial charge in [-0.25, -0.2) is 0 Å². The maximum atomic E-state index is 9.98. The SMILES string of the molecule is CC(C)N(c1cccc(CCCc2cc(CO)ccc2O)c1)C(C)C. The molecule has 0 heterocycles. The second-order valence-electron chi connectivity index (χ2n) is 7.24. The van der Waals surface area contributed by atoms with Crippen LogP contribution < -0.4 is 4.90 Å². The summed E-state index contributed by atoms with van der Waals surface area (Å²) in [6.45, 7) is 8.91. The molecule has 25 heavy (non-hydrogen) atoms. The van der Waals surface area contributed by atoms with Crippen molar-refractivity contribution in [1.29, 1.82) is 0 Å². The van der Waals surface area contributed by atoms with Crippen molar-refractivity contribution in [1.82, 2.24) is 0 Å². The molecule has 0 saturated heterocycles. The minimum absolute atomic E-state index is 0.00949. The Balaban J connectivity index is 2.03. The first kappa shape index (κ1) is 19.3. The van der Waals surface area contributed by atoms with Crippen molar-refractivity contribution in [3.8, 4) is 5.75 Å². The van der Waals surface area contributed by atoms with E-state index >= 15 is 0 Å². The highest BCUT2D eigenvalue weighted by Crippen LogP contribution is 2.24. The number of hydrogen-bond acceptors (Lipinski definition) is 3. The minimum atomic E-state index is 0.00949. The summed E-state index contributed by atoms with van der Waals surface area (Å²) in [6.07, 6.45) is 2.75. The minimum Gasteiger partial charge on any atom is -0.508 e. The van der Waals surface area contributed by atoms with Crippen molar-refractivity contribution < 1.29 is 10.2 Å². The Morgan fingerprint density at radius 3 is 2.24 bits per heavy atom. The van der Waals surface area contributed by atoms with Gasteiger partial charge in [0.15, 0.2) is 0 Å². The number of phenols is 1. The second-order valence-corrected chi connectivity index (χ2v) is 7.24. The molecule has 0 aliphatic carbocycles. The van der Waals surface area contributed by atoms with Gasteiger partial charge in [0.2, 0.25) is 0 Å². The van der Waals surface area contributed by atoms with E-state index in [1.807, 2.05) is 6.07 Å². The molecule has 2 N–H and O–H groups in total. The lowest BCUT2D eigenvalue weighted by Gasteiger charge is -2.33. The molecule has 0 spiro atoms. The summed E-state index contributed by atoms with van der Waals surface area (Å²) in [6, 6.07) is 15.0. The molecule has 2 aromatic carbocycles. The molecule has 136 valence electrons. The molecule has 0 bridgehead atoms. The maximum Gasteiger partial charge on any atom is 0.118 e. The van der Waals surface area contributed by atoms with E-state index in [0.29, 0.717) is 17.8 Å². The lowest BCUT2D eigenvalue weighted by atomic mass is 10.0. The van der Waals surface area contributed by atoms with E-state index in [9.17, 15) is 10.2 Å². The highest BCUT2D eigenvalue weighted by Gasteiger charge is 2.14. The zero-order valence-electron chi connectivity index (χ0n) is 15.9. The zero-order chi connectivity index (χ0) is 18.4. The molecule has 0 saturated carbocycles. The number of phenolic OH excluding ortho intramolecular Hbond substituents is 1. The molecular weight excluding hydrogens is 310 g/mol. The number of benzene rings is 2. The van der Waals surface area contributed by atoms with Crippen LogP contribution in [0.1, 0.15) is 50.8 Å². The molecule has 2 rings (SSSR count). The van der Waals surface area contributed by atoms with Crippen LogP contribution in [0.2, 0.25) is 0 Å². The number of aryl methyl sites for hydroxylation is 2. The van der Waals surface area contributed by atoms with Gasteiger partial charge in [0.1, 0.15) is 5.75 Å². The van der Waals surface area contributed by atoms with Crippen molar-refractivity contribution in [3.05, 3.63) is 59.2 Å². The first-order valence-corrected chi connectivity index (χ1v) is 9.21. The maximum absolute atomic E-state index is 9.98. The average Bonchev–Trinajstić information content (AvgIpc) is 2.56. The average molecular weight is 341 g/mol. The Morgan fingerprint density at radius 1 is 0.880 bits per heavy atom. The molecule has 0 unspecified atom stereocenters. The van der Waals surface area contributed by atoms with E-state index in [-0.39, 0.29) is 6.61 Å². The molecule has 0 amide bonds. The lowest BCUT2D eigenvalue weighted by molar-refractivity contribution is 0.281. The number of nitrogens with zero attached hydrogens (tertiary/aromatic N) is 1. The lowest BCUT2D eigenvalue weighted by Crippen LogP contribution is -2.36. The van der Waals surface area contributed by atoms with E-state index in [1.54, 1.807) is 12.1 Å². The van der Waals surface area contributed by atoms with E-state index < -0.39 is 0 Å². The molecule has 2 aromatic rings. The predicted octanol–water partition coefficient (Wildman–Crippen LogP) is 4.68. The molecule has 0 aromatic heterocycles. The third kappa shape index (κ3) is 5.23. The van der Waals surface area contributed by atoms with Crippen LogP contribution in [0, 0.1) is 0 Å². The van der Waals surface area contributed by atoms with Gasteiger partial charge in [-0.15, -0.1) is 0 Å². The smallest absolute Gasteiger partial charge is 0.118 e. The Morgan fingerprint density at radius 2 is 1.60 bits per heavy atom. The Kier molecular flexibility index (Phi) is 6.89. The normalized spacial score (nSPS) is 11.3. The molecular formula is C22H31NO2. The zero-order valence-corrected chi connectivity index (χ0v) is 15.9. The topological polar surface area (TPSA) is 43.7 Å². The van der Waals surface area contributed by atoms with Crippen LogP contribution in [0.15, 0.2) is 42.5 Å². The van der Waals surface area contributed by atoms with Crippen LogP contribution >= 0.6 is 0 Å². The molecule has 0 aliphatic rings. The molecule has 0 radical (unpaired) electrons. The first-order chi connectivity index (χ1) is 11.9. The summed E-state index contributed by atoms with van der Waals surface area (Å²) >= 11 is 0. The fourth-order valence-corrected chi connectivity index (χ4v) is 3.49. The van der Waals surface area contributed by atoms with Crippen LogP contribution in [0.25, 0.3) is 0 Å². The highest BCUT2D eigenvalue weighted by molar-refractivity contribution is 5.50. The number of aromatic hydroxyl groups is 1. The van der Waals surface area contributed by atoms with E-state index in [1.165, 1.54) is 11.3 Å². The van der Waals surface area contributed by atoms with Gasteiger partial charge in [-0.1, -0.05) is 18.2 Å². The van der Waals surface area contributed by atoms with Gasteiger partial charge in [-0.3, -0.25) is 0 Å². The van der Waals surface area contributed by atoms with Crippen molar-refractivity contribution in [2.75, 3.05) is 4.90 Å². The van der Waals surface area contributed by atoms with Crippen molar-refractivity contribution in [2.24, 2.45) is 0 Å².